The van der Waals surface area contributed by atoms with E-state index in [-0.39, 0.29) is 4.91 Å². The van der Waals surface area contributed by atoms with Crippen molar-refractivity contribution < 1.29 is 22.7 Å². The lowest BCUT2D eigenvalue weighted by molar-refractivity contribution is -0.112. The van der Waals surface area contributed by atoms with Crippen LogP contribution in [0.5, 0.6) is 11.5 Å². The highest BCUT2D eigenvalue weighted by atomic mass is 32.2. The third kappa shape index (κ3) is 3.20. The van der Waals surface area contributed by atoms with Crippen molar-refractivity contribution in [3.8, 4) is 11.5 Å². The van der Waals surface area contributed by atoms with E-state index in [9.17, 15) is 13.2 Å². The minimum absolute atomic E-state index is 0.296. The van der Waals surface area contributed by atoms with Crippen LogP contribution in [0.3, 0.4) is 0 Å². The van der Waals surface area contributed by atoms with Crippen LogP contribution in [0.15, 0.2) is 41.3 Å². The van der Waals surface area contributed by atoms with Crippen molar-refractivity contribution in [2.45, 2.75) is 13.8 Å². The van der Waals surface area contributed by atoms with E-state index in [2.05, 4.69) is 5.32 Å². The van der Waals surface area contributed by atoms with Crippen molar-refractivity contribution in [1.82, 2.24) is 0 Å². The molecule has 148 valence electrons. The largest absolute Gasteiger partial charge is 0.493 e. The highest BCUT2D eigenvalue weighted by Crippen LogP contribution is 2.44. The predicted molar refractivity (Wildman–Crippen MR) is 109 cm³/mol. The molecule has 0 unspecified atom stereocenters. The number of fused-ring (bicyclic) bond motifs is 1. The molecule has 0 atom stereocenters. The number of carbonyl (C=O) groups is 1. The molecule has 0 bridgehead atoms. The van der Waals surface area contributed by atoms with E-state index in [1.807, 2.05) is 19.1 Å². The summed E-state index contributed by atoms with van der Waals surface area (Å²) in [7, 11) is 0.351. The minimum atomic E-state index is -4.03. The van der Waals surface area contributed by atoms with Crippen molar-refractivity contribution in [1.29, 1.82) is 0 Å². The molecule has 7 nitrogen and oxygen atoms in total. The Morgan fingerprint density at radius 2 is 1.57 bits per heavy atom. The molecule has 1 heterocycles. The second-order valence-electron chi connectivity index (χ2n) is 6.47. The first-order valence-electron chi connectivity index (χ1n) is 8.55. The van der Waals surface area contributed by atoms with E-state index in [4.69, 9.17) is 9.47 Å². The minimum Gasteiger partial charge on any atom is -0.493 e. The normalized spacial score (nSPS) is 15.1. The average Bonchev–Trinajstić information content (AvgIpc) is 2.67. The first kappa shape index (κ1) is 19.8. The van der Waals surface area contributed by atoms with Crippen LogP contribution in [-0.2, 0) is 14.8 Å². The first-order valence-corrected chi connectivity index (χ1v) is 9.99. The van der Waals surface area contributed by atoms with Crippen LogP contribution in [0, 0.1) is 6.92 Å². The number of nitrogens with zero attached hydrogens (tertiary/aromatic N) is 1. The third-order valence-corrected chi connectivity index (χ3v) is 6.65. The van der Waals surface area contributed by atoms with Gasteiger partial charge >= 0.3 is 0 Å². The van der Waals surface area contributed by atoms with E-state index in [0.29, 0.717) is 34.0 Å². The fourth-order valence-electron chi connectivity index (χ4n) is 3.12. The predicted octanol–water partition coefficient (Wildman–Crippen LogP) is 3.16. The zero-order valence-electron chi connectivity index (χ0n) is 16.4. The molecule has 1 aliphatic rings. The molecule has 28 heavy (non-hydrogen) atoms. The van der Waals surface area contributed by atoms with E-state index in [1.54, 1.807) is 31.2 Å². The van der Waals surface area contributed by atoms with Gasteiger partial charge in [-0.25, -0.2) is 8.42 Å². The molecule has 3 rings (SSSR count). The molecule has 0 aromatic heterocycles. The molecule has 8 heteroatoms. The van der Waals surface area contributed by atoms with Crippen LogP contribution in [-0.4, -0.2) is 35.6 Å². The number of amides is 1. The third-order valence-electron chi connectivity index (χ3n) is 4.72. The standard InChI is InChI=1S/C20H22N2O5S/c1-12-6-8-14(9-7-12)21-20(23)19-13(2)15-10-17(26-4)18(27-5)11-16(15)22(3)28(19,24)25/h6-11H,1-5H3,(H,21,23). The summed E-state index contributed by atoms with van der Waals surface area (Å²) in [6, 6.07) is 10.4. The van der Waals surface area contributed by atoms with Crippen LogP contribution in [0.4, 0.5) is 11.4 Å². The van der Waals surface area contributed by atoms with Gasteiger partial charge in [0.2, 0.25) is 0 Å². The van der Waals surface area contributed by atoms with Gasteiger partial charge in [-0.3, -0.25) is 9.10 Å². The number of carbonyl (C=O) groups excluding carboxylic acids is 1. The Bertz CT molecular complexity index is 1070. The van der Waals surface area contributed by atoms with Gasteiger partial charge in [0.05, 0.1) is 19.9 Å². The van der Waals surface area contributed by atoms with E-state index >= 15 is 0 Å². The lowest BCUT2D eigenvalue weighted by Crippen LogP contribution is -2.36. The summed E-state index contributed by atoms with van der Waals surface area (Å²) in [5.74, 6) is 0.170. The van der Waals surface area contributed by atoms with Crippen molar-refractivity contribution in [2.75, 3.05) is 30.9 Å². The zero-order valence-corrected chi connectivity index (χ0v) is 17.2. The number of aryl methyl sites for hydroxylation is 1. The molecule has 0 radical (unpaired) electrons. The van der Waals surface area contributed by atoms with Crippen molar-refractivity contribution in [2.24, 2.45) is 0 Å². The summed E-state index contributed by atoms with van der Waals surface area (Å²) >= 11 is 0. The number of methoxy groups -OCH3 is 2. The first-order chi connectivity index (χ1) is 13.2. The smallest absolute Gasteiger partial charge is 0.269 e. The summed E-state index contributed by atoms with van der Waals surface area (Å²) < 4.78 is 37.8. The zero-order chi connectivity index (χ0) is 20.6. The van der Waals surface area contributed by atoms with Gasteiger partial charge in [-0.2, -0.15) is 0 Å². The second kappa shape index (κ2) is 7.20. The Labute approximate surface area is 164 Å². The van der Waals surface area contributed by atoms with E-state index < -0.39 is 15.9 Å². The van der Waals surface area contributed by atoms with Gasteiger partial charge in [-0.1, -0.05) is 17.7 Å². The molecule has 0 fully saturated rings. The molecule has 2 aromatic rings. The number of sulfonamides is 1. The Morgan fingerprint density at radius 1 is 1.00 bits per heavy atom. The fourth-order valence-corrected chi connectivity index (χ4v) is 4.59. The molecule has 0 aliphatic carbocycles. The van der Waals surface area contributed by atoms with Crippen LogP contribution < -0.4 is 19.1 Å². The van der Waals surface area contributed by atoms with Crippen molar-refractivity contribution in [3.63, 3.8) is 0 Å². The number of allylic oxidation sites excluding steroid dienone is 1. The SMILES string of the molecule is COc1cc2c(cc1OC)N(C)S(=O)(=O)C(C(=O)Nc1ccc(C)cc1)=C2C. The number of ether oxygens (including phenoxy) is 2. The van der Waals surface area contributed by atoms with Gasteiger partial charge in [-0.15, -0.1) is 0 Å². The lowest BCUT2D eigenvalue weighted by atomic mass is 10.0. The number of nitrogens with one attached hydrogen (secondary N) is 1. The van der Waals surface area contributed by atoms with E-state index in [1.165, 1.54) is 21.3 Å². The molecule has 0 saturated heterocycles. The summed E-state index contributed by atoms with van der Waals surface area (Å²) in [6.45, 7) is 3.54. The maximum atomic E-state index is 13.1. The van der Waals surface area contributed by atoms with Crippen LogP contribution >= 0.6 is 0 Å². The maximum Gasteiger partial charge on any atom is 0.269 e. The topological polar surface area (TPSA) is 84.9 Å². The molecule has 0 saturated carbocycles. The molecule has 2 aromatic carbocycles. The fraction of sp³-hybridized carbons (Fsp3) is 0.250. The highest BCUT2D eigenvalue weighted by molar-refractivity contribution is 7.97. The summed E-state index contributed by atoms with van der Waals surface area (Å²) in [5, 5.41) is 2.67. The Hall–Kier alpha value is -3.00. The van der Waals surface area contributed by atoms with Crippen LogP contribution in [0.1, 0.15) is 18.1 Å². The molecular formula is C20H22N2O5S. The molecule has 1 N–H and O–H groups in total. The van der Waals surface area contributed by atoms with Gasteiger partial charge in [0.15, 0.2) is 16.4 Å². The van der Waals surface area contributed by atoms with Crippen LogP contribution in [0.25, 0.3) is 5.57 Å². The van der Waals surface area contributed by atoms with Crippen molar-refractivity contribution >= 4 is 32.9 Å². The number of rotatable bonds is 4. The summed E-state index contributed by atoms with van der Waals surface area (Å²) in [4.78, 5) is 12.6. The van der Waals surface area contributed by atoms with E-state index in [0.717, 1.165) is 9.87 Å². The summed E-state index contributed by atoms with van der Waals surface area (Å²) in [6.07, 6.45) is 0. The van der Waals surface area contributed by atoms with Crippen LogP contribution in [0.2, 0.25) is 0 Å². The number of benzene rings is 2. The molecule has 0 spiro atoms. The lowest BCUT2D eigenvalue weighted by Gasteiger charge is -2.30. The van der Waals surface area contributed by atoms with Crippen molar-refractivity contribution in [3.05, 3.63) is 52.4 Å². The Balaban J connectivity index is 2.14. The highest BCUT2D eigenvalue weighted by Gasteiger charge is 2.38. The number of hydrogen-bond donors (Lipinski definition) is 1. The number of anilines is 2. The second-order valence-corrected chi connectivity index (χ2v) is 8.38. The summed E-state index contributed by atoms with van der Waals surface area (Å²) in [5.41, 5.74) is 2.91. The van der Waals surface area contributed by atoms with Gasteiger partial charge in [0.1, 0.15) is 0 Å². The average molecular weight is 402 g/mol. The molecule has 1 aliphatic heterocycles. The Kier molecular flexibility index (Phi) is 5.08. The quantitative estimate of drug-likeness (QED) is 0.849. The molecular weight excluding hydrogens is 380 g/mol. The van der Waals surface area contributed by atoms with Gasteiger partial charge < -0.3 is 14.8 Å². The van der Waals surface area contributed by atoms with Gasteiger partial charge in [-0.05, 0) is 37.6 Å². The van der Waals surface area contributed by atoms with Gasteiger partial charge in [0.25, 0.3) is 15.9 Å². The molecule has 1 amide bonds. The maximum absolute atomic E-state index is 13.1. The number of hydrogen-bond acceptors (Lipinski definition) is 5. The Morgan fingerprint density at radius 3 is 2.14 bits per heavy atom. The van der Waals surface area contributed by atoms with Gasteiger partial charge in [0, 0.05) is 24.4 Å². The monoisotopic (exact) mass is 402 g/mol.